The van der Waals surface area contributed by atoms with Crippen LogP contribution in [-0.2, 0) is 16.0 Å². The van der Waals surface area contributed by atoms with E-state index in [0.29, 0.717) is 11.4 Å². The van der Waals surface area contributed by atoms with E-state index in [1.54, 1.807) is 37.3 Å². The molecule has 0 aliphatic heterocycles. The summed E-state index contributed by atoms with van der Waals surface area (Å²) in [5, 5.41) is 2.50. The summed E-state index contributed by atoms with van der Waals surface area (Å²) in [6.07, 6.45) is 0.307. The van der Waals surface area contributed by atoms with Crippen molar-refractivity contribution in [2.75, 3.05) is 18.5 Å². The molecule has 0 fully saturated rings. The average Bonchev–Trinajstić information content (AvgIpc) is 2.71. The normalized spacial score (nSPS) is 9.93. The Morgan fingerprint density at radius 1 is 0.964 bits per heavy atom. The first-order valence-electron chi connectivity index (χ1n) is 8.86. The number of carbonyl (C=O) groups is 3. The van der Waals surface area contributed by atoms with Crippen LogP contribution >= 0.6 is 0 Å². The van der Waals surface area contributed by atoms with Gasteiger partial charge < -0.3 is 9.47 Å². The predicted molar refractivity (Wildman–Crippen MR) is 104 cm³/mol. The number of hydrogen-bond donors (Lipinski definition) is 3. The molecule has 0 bridgehead atoms. The highest BCUT2D eigenvalue weighted by Crippen LogP contribution is 2.12. The molecule has 3 N–H and O–H groups in total. The molecule has 0 saturated heterocycles. The molecule has 8 heteroatoms. The maximum atomic E-state index is 12.1. The Balaban J connectivity index is 1.80. The molecule has 2 aromatic rings. The highest BCUT2D eigenvalue weighted by atomic mass is 16.5. The van der Waals surface area contributed by atoms with Crippen LogP contribution < -0.4 is 20.9 Å². The molecule has 0 saturated carbocycles. The predicted octanol–water partition coefficient (Wildman–Crippen LogP) is 2.66. The summed E-state index contributed by atoms with van der Waals surface area (Å²) in [7, 11) is 0. The second-order valence-electron chi connectivity index (χ2n) is 5.71. The fourth-order valence-electron chi connectivity index (χ4n) is 2.23. The van der Waals surface area contributed by atoms with Crippen LogP contribution in [0.1, 0.15) is 29.8 Å². The van der Waals surface area contributed by atoms with Gasteiger partial charge in [0.25, 0.3) is 11.8 Å². The van der Waals surface area contributed by atoms with Crippen molar-refractivity contribution in [3.8, 4) is 5.75 Å². The van der Waals surface area contributed by atoms with Crippen LogP contribution in [0.5, 0.6) is 5.75 Å². The van der Waals surface area contributed by atoms with Crippen molar-refractivity contribution >= 4 is 23.6 Å². The van der Waals surface area contributed by atoms with Crippen molar-refractivity contribution in [1.82, 2.24) is 10.9 Å². The van der Waals surface area contributed by atoms with Gasteiger partial charge in [-0.2, -0.15) is 0 Å². The Labute approximate surface area is 163 Å². The molecule has 3 amide bonds. The van der Waals surface area contributed by atoms with E-state index in [9.17, 15) is 14.4 Å². The van der Waals surface area contributed by atoms with Gasteiger partial charge in [-0.3, -0.25) is 25.8 Å². The van der Waals surface area contributed by atoms with E-state index in [1.165, 1.54) is 11.6 Å². The van der Waals surface area contributed by atoms with Crippen molar-refractivity contribution in [1.29, 1.82) is 0 Å². The summed E-state index contributed by atoms with van der Waals surface area (Å²) in [5.74, 6) is -0.474. The van der Waals surface area contributed by atoms with Gasteiger partial charge >= 0.3 is 6.09 Å². The first-order chi connectivity index (χ1) is 13.5. The van der Waals surface area contributed by atoms with Crippen molar-refractivity contribution in [3.05, 3.63) is 59.7 Å². The molecule has 8 nitrogen and oxygen atoms in total. The lowest BCUT2D eigenvalue weighted by Crippen LogP contribution is -2.43. The third-order valence-corrected chi connectivity index (χ3v) is 3.66. The second kappa shape index (κ2) is 10.6. The van der Waals surface area contributed by atoms with Crippen LogP contribution in [0, 0.1) is 0 Å². The number of hydrogen-bond acceptors (Lipinski definition) is 5. The van der Waals surface area contributed by atoms with Gasteiger partial charge in [-0.25, -0.2) is 4.79 Å². The van der Waals surface area contributed by atoms with E-state index in [4.69, 9.17) is 9.47 Å². The zero-order valence-corrected chi connectivity index (χ0v) is 15.8. The van der Waals surface area contributed by atoms with Crippen molar-refractivity contribution in [2.24, 2.45) is 0 Å². The Bertz CT molecular complexity index is 821. The van der Waals surface area contributed by atoms with Gasteiger partial charge in [0.05, 0.1) is 6.61 Å². The number of amides is 3. The SMILES string of the molecule is CCOC(=O)Nc1cccc(C(=O)NNC(=O)COc2ccc(CC)cc2)c1. The summed E-state index contributed by atoms with van der Waals surface area (Å²) in [4.78, 5) is 35.4. The van der Waals surface area contributed by atoms with Crippen LogP contribution in [0.4, 0.5) is 10.5 Å². The number of nitrogens with one attached hydrogen (secondary N) is 3. The van der Waals surface area contributed by atoms with E-state index >= 15 is 0 Å². The number of benzene rings is 2. The van der Waals surface area contributed by atoms with Gasteiger partial charge in [-0.05, 0) is 49.2 Å². The van der Waals surface area contributed by atoms with Crippen molar-refractivity contribution in [3.63, 3.8) is 0 Å². The van der Waals surface area contributed by atoms with E-state index in [1.807, 2.05) is 12.1 Å². The fourth-order valence-corrected chi connectivity index (χ4v) is 2.23. The number of ether oxygens (including phenoxy) is 2. The monoisotopic (exact) mass is 385 g/mol. The van der Waals surface area contributed by atoms with E-state index in [2.05, 4.69) is 23.1 Å². The smallest absolute Gasteiger partial charge is 0.411 e. The van der Waals surface area contributed by atoms with Crippen LogP contribution in [-0.4, -0.2) is 31.1 Å². The van der Waals surface area contributed by atoms with Gasteiger partial charge in [0.1, 0.15) is 5.75 Å². The van der Waals surface area contributed by atoms with E-state index in [0.717, 1.165) is 6.42 Å². The molecular weight excluding hydrogens is 362 g/mol. The van der Waals surface area contributed by atoms with Crippen molar-refractivity contribution < 1.29 is 23.9 Å². The fraction of sp³-hybridized carbons (Fsp3) is 0.250. The van der Waals surface area contributed by atoms with Gasteiger partial charge in [0.15, 0.2) is 6.61 Å². The van der Waals surface area contributed by atoms with Gasteiger partial charge in [0.2, 0.25) is 0 Å². The molecule has 0 unspecified atom stereocenters. The summed E-state index contributed by atoms with van der Waals surface area (Å²) in [5.41, 5.74) is 6.40. The summed E-state index contributed by atoms with van der Waals surface area (Å²) in [6, 6.07) is 13.6. The minimum absolute atomic E-state index is 0.239. The molecule has 0 spiro atoms. The molecule has 0 atom stereocenters. The molecule has 0 aliphatic carbocycles. The van der Waals surface area contributed by atoms with E-state index in [-0.39, 0.29) is 18.8 Å². The third kappa shape index (κ3) is 6.64. The van der Waals surface area contributed by atoms with Gasteiger partial charge in [-0.1, -0.05) is 25.1 Å². The molecule has 148 valence electrons. The first kappa shape index (κ1) is 20.8. The second-order valence-corrected chi connectivity index (χ2v) is 5.71. The molecule has 0 aliphatic rings. The molecule has 0 aromatic heterocycles. The minimum atomic E-state index is -0.613. The Hall–Kier alpha value is -3.55. The quantitative estimate of drug-likeness (QED) is 0.636. The number of aryl methyl sites for hydroxylation is 1. The Morgan fingerprint density at radius 2 is 1.71 bits per heavy atom. The molecule has 2 aromatic carbocycles. The Morgan fingerprint density at radius 3 is 2.39 bits per heavy atom. The van der Waals surface area contributed by atoms with Gasteiger partial charge in [0, 0.05) is 11.3 Å². The van der Waals surface area contributed by atoms with E-state index < -0.39 is 17.9 Å². The standard InChI is InChI=1S/C20H23N3O5/c1-3-14-8-10-17(11-9-14)28-13-18(24)22-23-19(25)15-6-5-7-16(12-15)21-20(26)27-4-2/h5-12H,3-4,13H2,1-2H3,(H,21,26)(H,22,24)(H,23,25). The first-order valence-corrected chi connectivity index (χ1v) is 8.86. The van der Waals surface area contributed by atoms with Crippen LogP contribution in [0.2, 0.25) is 0 Å². The summed E-state index contributed by atoms with van der Waals surface area (Å²) < 4.78 is 10.1. The van der Waals surface area contributed by atoms with Crippen LogP contribution in [0.25, 0.3) is 0 Å². The van der Waals surface area contributed by atoms with Gasteiger partial charge in [-0.15, -0.1) is 0 Å². The molecule has 28 heavy (non-hydrogen) atoms. The topological polar surface area (TPSA) is 106 Å². The lowest BCUT2D eigenvalue weighted by molar-refractivity contribution is -0.123. The molecular formula is C20H23N3O5. The van der Waals surface area contributed by atoms with Crippen LogP contribution in [0.3, 0.4) is 0 Å². The number of rotatable bonds is 7. The third-order valence-electron chi connectivity index (χ3n) is 3.66. The highest BCUT2D eigenvalue weighted by Gasteiger charge is 2.10. The summed E-state index contributed by atoms with van der Waals surface area (Å²) >= 11 is 0. The maximum Gasteiger partial charge on any atom is 0.411 e. The molecule has 0 heterocycles. The number of anilines is 1. The Kier molecular flexibility index (Phi) is 7.83. The minimum Gasteiger partial charge on any atom is -0.484 e. The number of carbonyl (C=O) groups excluding carboxylic acids is 3. The average molecular weight is 385 g/mol. The lowest BCUT2D eigenvalue weighted by atomic mass is 10.2. The molecule has 0 radical (unpaired) electrons. The van der Waals surface area contributed by atoms with Crippen LogP contribution in [0.15, 0.2) is 48.5 Å². The highest BCUT2D eigenvalue weighted by molar-refractivity contribution is 5.97. The summed E-state index contributed by atoms with van der Waals surface area (Å²) in [6.45, 7) is 3.74. The zero-order chi connectivity index (χ0) is 20.4. The number of hydrazine groups is 1. The largest absolute Gasteiger partial charge is 0.484 e. The maximum absolute atomic E-state index is 12.1. The zero-order valence-electron chi connectivity index (χ0n) is 15.8. The molecule has 2 rings (SSSR count). The van der Waals surface area contributed by atoms with Crippen molar-refractivity contribution in [2.45, 2.75) is 20.3 Å². The lowest BCUT2D eigenvalue weighted by Gasteiger charge is -2.10.